The zero-order chi connectivity index (χ0) is 14.6. The summed E-state index contributed by atoms with van der Waals surface area (Å²) in [5.41, 5.74) is -0.966. The van der Waals surface area contributed by atoms with Crippen molar-refractivity contribution in [3.05, 3.63) is 27.8 Å². The van der Waals surface area contributed by atoms with Crippen molar-refractivity contribution < 1.29 is 83.5 Å². The predicted molar refractivity (Wildman–Crippen MR) is 59.6 cm³/mol. The van der Waals surface area contributed by atoms with E-state index in [1.807, 2.05) is 0 Å². The summed E-state index contributed by atoms with van der Waals surface area (Å²) in [7, 11) is 1.14. The fourth-order valence-corrected chi connectivity index (χ4v) is 1.27. The Hall–Kier alpha value is -0.619. The number of hydrogen-bond donors (Lipinski definition) is 0. The van der Waals surface area contributed by atoms with Crippen LogP contribution in [0.15, 0.2) is 12.1 Å². The van der Waals surface area contributed by atoms with E-state index in [0.29, 0.717) is 0 Å². The van der Waals surface area contributed by atoms with Crippen LogP contribution in [0.1, 0.15) is 10.4 Å². The number of benzene rings is 1. The third-order valence-electron chi connectivity index (χ3n) is 2.06. The van der Waals surface area contributed by atoms with Gasteiger partial charge in [-0.05, 0) is 0 Å². The molecule has 1 aromatic rings. The van der Waals surface area contributed by atoms with E-state index >= 15 is 0 Å². The first-order chi connectivity index (χ1) is 8.78. The normalized spacial score (nSPS) is 10.4. The van der Waals surface area contributed by atoms with Gasteiger partial charge in [-0.15, -0.1) is 0 Å². The van der Waals surface area contributed by atoms with E-state index in [2.05, 4.69) is 4.74 Å². The van der Waals surface area contributed by atoms with Gasteiger partial charge in [-0.2, -0.15) is 0 Å². The monoisotopic (exact) mass is 317 g/mol. The topological polar surface area (TPSA) is 78.7 Å². The number of ether oxygens (including phenoxy) is 2. The summed E-state index contributed by atoms with van der Waals surface area (Å²) >= 11 is 0. The van der Waals surface area contributed by atoms with Crippen molar-refractivity contribution >= 4 is 19.0 Å². The summed E-state index contributed by atoms with van der Waals surface area (Å²) in [5.74, 6) is -0.633. The van der Waals surface area contributed by atoms with Crippen LogP contribution in [0.2, 0.25) is 0 Å². The molecule has 0 N–H and O–H groups in total. The Kier molecular flexibility index (Phi) is 7.73. The first kappa shape index (κ1) is 19.4. The second kappa shape index (κ2) is 7.98. The smallest absolute Gasteiger partial charge is 0.519 e. The molecular weight excluding hydrogens is 309 g/mol. The zero-order valence-corrected chi connectivity index (χ0v) is 13.8. The Bertz CT molecular complexity index is 511. The number of nitro groups is 1. The SMILES string of the molecule is COc1cc(C=O)c([N+](=O)[O-])cc1OC[B-](F)(F)F.[K+]. The maximum Gasteiger partial charge on any atom is 1.00 e. The maximum atomic E-state index is 12.1. The first-order valence-electron chi connectivity index (χ1n) is 4.94. The minimum absolute atomic E-state index is 0. The fraction of sp³-hybridized carbons (Fsp3) is 0.222. The largest absolute Gasteiger partial charge is 1.00 e. The number of nitro benzene ring substituents is 1. The van der Waals surface area contributed by atoms with E-state index in [4.69, 9.17) is 4.74 Å². The third kappa shape index (κ3) is 5.40. The fourth-order valence-electron chi connectivity index (χ4n) is 1.27. The molecule has 0 unspecified atom stereocenters. The van der Waals surface area contributed by atoms with Crippen LogP contribution in [0.4, 0.5) is 18.6 Å². The van der Waals surface area contributed by atoms with Gasteiger partial charge in [0.15, 0.2) is 17.8 Å². The molecule has 1 rings (SSSR count). The van der Waals surface area contributed by atoms with Gasteiger partial charge < -0.3 is 22.4 Å². The molecule has 0 saturated heterocycles. The van der Waals surface area contributed by atoms with Gasteiger partial charge >= 0.3 is 58.4 Å². The number of carbonyl (C=O) groups is 1. The average molecular weight is 317 g/mol. The molecule has 0 atom stereocenters. The summed E-state index contributed by atoms with van der Waals surface area (Å²) in [5, 5.41) is 10.7. The van der Waals surface area contributed by atoms with Crippen molar-refractivity contribution in [2.45, 2.75) is 0 Å². The van der Waals surface area contributed by atoms with Crippen LogP contribution in [-0.4, -0.2) is 31.8 Å². The van der Waals surface area contributed by atoms with Gasteiger partial charge in [-0.3, -0.25) is 14.9 Å². The van der Waals surface area contributed by atoms with Gasteiger partial charge in [0.2, 0.25) is 0 Å². The summed E-state index contributed by atoms with van der Waals surface area (Å²) in [6, 6.07) is 1.67. The van der Waals surface area contributed by atoms with Crippen molar-refractivity contribution in [1.29, 1.82) is 0 Å². The minimum atomic E-state index is -5.21. The van der Waals surface area contributed by atoms with Crippen molar-refractivity contribution in [2.24, 2.45) is 0 Å². The van der Waals surface area contributed by atoms with Gasteiger partial charge in [0, 0.05) is 6.07 Å². The molecule has 6 nitrogen and oxygen atoms in total. The molecule has 11 heteroatoms. The van der Waals surface area contributed by atoms with Gasteiger partial charge in [0.1, 0.15) is 0 Å². The molecule has 0 aliphatic rings. The standard InChI is InChI=1S/C9H8BF3NO5.K/c1-18-8-2-6(4-15)7(14(16)17)3-9(8)19-5-10(11,12)13;/h2-4H,5H2,1H3;/q-1;+1. The summed E-state index contributed by atoms with van der Waals surface area (Å²) in [6.45, 7) is -6.77. The molecule has 0 aliphatic carbocycles. The van der Waals surface area contributed by atoms with Crippen molar-refractivity contribution in [1.82, 2.24) is 0 Å². The van der Waals surface area contributed by atoms with Crippen LogP contribution in [-0.2, 0) is 0 Å². The summed E-state index contributed by atoms with van der Waals surface area (Å²) < 4.78 is 45.4. The molecule has 104 valence electrons. The van der Waals surface area contributed by atoms with Crippen LogP contribution in [0.3, 0.4) is 0 Å². The number of halogens is 3. The van der Waals surface area contributed by atoms with E-state index in [-0.39, 0.29) is 69.0 Å². The number of rotatable bonds is 6. The summed E-state index contributed by atoms with van der Waals surface area (Å²) in [4.78, 5) is 20.4. The number of hydrogen-bond acceptors (Lipinski definition) is 5. The van der Waals surface area contributed by atoms with Crippen LogP contribution < -0.4 is 60.9 Å². The second-order valence-corrected chi connectivity index (χ2v) is 3.46. The molecule has 0 saturated carbocycles. The number of nitrogens with zero attached hydrogens (tertiary/aromatic N) is 1. The third-order valence-corrected chi connectivity index (χ3v) is 2.06. The summed E-state index contributed by atoms with van der Waals surface area (Å²) in [6.07, 6.45) is 0.206. The van der Waals surface area contributed by atoms with Crippen LogP contribution in [0.5, 0.6) is 11.5 Å². The van der Waals surface area contributed by atoms with Gasteiger partial charge in [-0.1, -0.05) is 0 Å². The zero-order valence-electron chi connectivity index (χ0n) is 10.6. The molecule has 0 fully saturated rings. The molecule has 0 aliphatic heterocycles. The quantitative estimate of drug-likeness (QED) is 0.297. The molecule has 0 heterocycles. The Morgan fingerprint density at radius 2 is 1.95 bits per heavy atom. The maximum absolute atomic E-state index is 12.1. The molecule has 0 aromatic heterocycles. The molecule has 1 aromatic carbocycles. The Labute approximate surface area is 154 Å². The van der Waals surface area contributed by atoms with E-state index in [1.165, 1.54) is 0 Å². The van der Waals surface area contributed by atoms with Crippen LogP contribution >= 0.6 is 0 Å². The molecular formula is C9H8BF3KNO5. The molecule has 20 heavy (non-hydrogen) atoms. The Morgan fingerprint density at radius 3 is 2.35 bits per heavy atom. The van der Waals surface area contributed by atoms with E-state index < -0.39 is 29.8 Å². The Balaban J connectivity index is 0.00000361. The predicted octanol–water partition coefficient (Wildman–Crippen LogP) is -0.815. The van der Waals surface area contributed by atoms with Gasteiger partial charge in [0.05, 0.1) is 30.2 Å². The van der Waals surface area contributed by atoms with Crippen LogP contribution in [0, 0.1) is 10.1 Å². The molecule has 0 bridgehead atoms. The van der Waals surface area contributed by atoms with Crippen LogP contribution in [0.25, 0.3) is 0 Å². The van der Waals surface area contributed by atoms with Crippen molar-refractivity contribution in [2.75, 3.05) is 13.6 Å². The van der Waals surface area contributed by atoms with Gasteiger partial charge in [-0.25, -0.2) is 0 Å². The minimum Gasteiger partial charge on any atom is -0.519 e. The van der Waals surface area contributed by atoms with E-state index in [1.54, 1.807) is 0 Å². The van der Waals surface area contributed by atoms with E-state index in [9.17, 15) is 27.9 Å². The number of aldehydes is 1. The second-order valence-electron chi connectivity index (χ2n) is 3.46. The molecule has 0 radical (unpaired) electrons. The number of carbonyl (C=O) groups excluding carboxylic acids is 1. The molecule has 0 spiro atoms. The number of methoxy groups -OCH3 is 1. The Morgan fingerprint density at radius 1 is 1.35 bits per heavy atom. The van der Waals surface area contributed by atoms with Crippen molar-refractivity contribution in [3.8, 4) is 11.5 Å². The van der Waals surface area contributed by atoms with Crippen molar-refractivity contribution in [3.63, 3.8) is 0 Å². The van der Waals surface area contributed by atoms with E-state index in [0.717, 1.165) is 19.2 Å². The first-order valence-corrected chi connectivity index (χ1v) is 4.94. The molecule has 0 amide bonds. The average Bonchev–Trinajstić information content (AvgIpc) is 2.34. The van der Waals surface area contributed by atoms with Gasteiger partial charge in [0.25, 0.3) is 5.69 Å².